The highest BCUT2D eigenvalue weighted by Gasteiger charge is 2.19. The van der Waals surface area contributed by atoms with Gasteiger partial charge in [0.2, 0.25) is 5.91 Å². The minimum Gasteiger partial charge on any atom is -0.353 e. The third-order valence-corrected chi connectivity index (χ3v) is 2.37. The second kappa shape index (κ2) is 5.30. The molecule has 0 aliphatic rings. The molecule has 0 aromatic rings. The third kappa shape index (κ3) is 3.85. The number of hydrogen-bond donors (Lipinski definition) is 1. The van der Waals surface area contributed by atoms with Gasteiger partial charge in [-0.05, 0) is 6.92 Å². The van der Waals surface area contributed by atoms with Crippen molar-refractivity contribution in [2.45, 2.75) is 26.8 Å². The molecule has 0 aliphatic carbocycles. The minimum atomic E-state index is -0.131. The molecule has 0 aromatic heterocycles. The first-order valence-corrected chi connectivity index (χ1v) is 4.97. The van der Waals surface area contributed by atoms with Crippen molar-refractivity contribution >= 4 is 27.6 Å². The lowest BCUT2D eigenvalue weighted by Gasteiger charge is -2.18. The van der Waals surface area contributed by atoms with Crippen LogP contribution in [0.15, 0.2) is 0 Å². The smallest absolute Gasteiger partial charge is 0.217 e. The molecule has 0 saturated heterocycles. The van der Waals surface area contributed by atoms with Crippen LogP contribution < -0.4 is 5.32 Å². The maximum atomic E-state index is 11.1. The molecule has 4 heteroatoms. The molecule has 0 aromatic carbocycles. The molecule has 3 nitrogen and oxygen atoms in total. The van der Waals surface area contributed by atoms with E-state index in [0.29, 0.717) is 5.33 Å². The predicted octanol–water partition coefficient (Wildman–Crippen LogP) is 1.11. The molecule has 1 N–H and O–H groups in total. The number of hydrogen-bond acceptors (Lipinski definition) is 2. The summed E-state index contributed by atoms with van der Waals surface area (Å²) < 4.78 is 0. The zero-order valence-electron chi connectivity index (χ0n) is 7.56. The number of Topliss-reactive ketones (excluding diaryl/α,β-unsaturated/α-hetero) is 1. The van der Waals surface area contributed by atoms with Crippen LogP contribution in [0.3, 0.4) is 0 Å². The first kappa shape index (κ1) is 11.6. The van der Waals surface area contributed by atoms with Gasteiger partial charge in [0, 0.05) is 18.9 Å². The van der Waals surface area contributed by atoms with E-state index in [2.05, 4.69) is 21.2 Å². The number of carbonyl (C=O) groups is 2. The normalized spacial score (nSPS) is 15.0. The quantitative estimate of drug-likeness (QED) is 0.743. The van der Waals surface area contributed by atoms with E-state index in [1.54, 1.807) is 0 Å². The van der Waals surface area contributed by atoms with Crippen molar-refractivity contribution in [1.29, 1.82) is 0 Å². The molecule has 2 unspecified atom stereocenters. The van der Waals surface area contributed by atoms with Gasteiger partial charge in [-0.1, -0.05) is 22.9 Å². The maximum absolute atomic E-state index is 11.1. The molecule has 0 bridgehead atoms. The lowest BCUT2D eigenvalue weighted by atomic mass is 10.00. The van der Waals surface area contributed by atoms with E-state index in [-0.39, 0.29) is 23.7 Å². The highest BCUT2D eigenvalue weighted by Crippen LogP contribution is 2.05. The second-order valence-electron chi connectivity index (χ2n) is 2.88. The van der Waals surface area contributed by atoms with Crippen LogP contribution in [0.4, 0.5) is 0 Å². The summed E-state index contributed by atoms with van der Waals surface area (Å²) in [5, 5.41) is 3.02. The first-order chi connectivity index (χ1) is 5.49. The predicted molar refractivity (Wildman–Crippen MR) is 51.2 cm³/mol. The fraction of sp³-hybridized carbons (Fsp3) is 0.750. The summed E-state index contributed by atoms with van der Waals surface area (Å²) in [5.74, 6) is -0.124. The number of amides is 1. The van der Waals surface area contributed by atoms with Gasteiger partial charge in [-0.2, -0.15) is 0 Å². The fourth-order valence-corrected chi connectivity index (χ4v) is 1.36. The standard InChI is InChI=1S/C8H14BrNO2/c1-5(8(12)4-9)6(2)10-7(3)11/h5-6H,4H2,1-3H3,(H,10,11). The average molecular weight is 236 g/mol. The molecular formula is C8H14BrNO2. The summed E-state index contributed by atoms with van der Waals surface area (Å²) in [4.78, 5) is 21.8. The van der Waals surface area contributed by atoms with Gasteiger partial charge >= 0.3 is 0 Å². The topological polar surface area (TPSA) is 46.2 Å². The molecule has 0 radical (unpaired) electrons. The van der Waals surface area contributed by atoms with Crippen LogP contribution >= 0.6 is 15.9 Å². The Morgan fingerprint density at radius 2 is 1.92 bits per heavy atom. The van der Waals surface area contributed by atoms with E-state index >= 15 is 0 Å². The Balaban J connectivity index is 4.00. The largest absolute Gasteiger partial charge is 0.353 e. The van der Waals surface area contributed by atoms with Crippen LogP contribution in [-0.2, 0) is 9.59 Å². The number of rotatable bonds is 4. The van der Waals surface area contributed by atoms with Crippen LogP contribution in [0.5, 0.6) is 0 Å². The Labute approximate surface area is 81.0 Å². The van der Waals surface area contributed by atoms with Gasteiger partial charge in [0.25, 0.3) is 0 Å². The zero-order valence-corrected chi connectivity index (χ0v) is 9.14. The number of nitrogens with one attached hydrogen (secondary N) is 1. The van der Waals surface area contributed by atoms with Gasteiger partial charge in [0.15, 0.2) is 0 Å². The number of halogens is 1. The van der Waals surface area contributed by atoms with Crippen LogP contribution in [0.1, 0.15) is 20.8 Å². The van der Waals surface area contributed by atoms with E-state index in [1.165, 1.54) is 6.92 Å². The Bertz CT molecular complexity index is 182. The van der Waals surface area contributed by atoms with Crippen LogP contribution in [0.2, 0.25) is 0 Å². The van der Waals surface area contributed by atoms with E-state index in [9.17, 15) is 9.59 Å². The zero-order chi connectivity index (χ0) is 9.72. The highest BCUT2D eigenvalue weighted by molar-refractivity contribution is 9.09. The van der Waals surface area contributed by atoms with Crippen molar-refractivity contribution in [3.8, 4) is 0 Å². The average Bonchev–Trinajstić information content (AvgIpc) is 2.00. The second-order valence-corrected chi connectivity index (χ2v) is 3.44. The molecule has 0 heterocycles. The fourth-order valence-electron chi connectivity index (χ4n) is 0.846. The summed E-state index contributed by atoms with van der Waals surface area (Å²) in [6, 6.07) is -0.0902. The molecule has 0 saturated carbocycles. The minimum absolute atomic E-state index is 0.0902. The lowest BCUT2D eigenvalue weighted by molar-refractivity contribution is -0.122. The van der Waals surface area contributed by atoms with Gasteiger partial charge in [-0.25, -0.2) is 0 Å². The van der Waals surface area contributed by atoms with Gasteiger partial charge < -0.3 is 5.32 Å². The molecule has 0 spiro atoms. The summed E-state index contributed by atoms with van der Waals surface area (Å²) >= 11 is 3.09. The third-order valence-electron chi connectivity index (χ3n) is 1.82. The summed E-state index contributed by atoms with van der Waals surface area (Å²) in [5.41, 5.74) is 0. The molecule has 0 aliphatic heterocycles. The van der Waals surface area contributed by atoms with E-state index in [4.69, 9.17) is 0 Å². The molecular weight excluding hydrogens is 222 g/mol. The van der Waals surface area contributed by atoms with Crippen molar-refractivity contribution < 1.29 is 9.59 Å². The maximum Gasteiger partial charge on any atom is 0.217 e. The Morgan fingerprint density at radius 3 is 2.25 bits per heavy atom. The van der Waals surface area contributed by atoms with E-state index in [1.807, 2.05) is 13.8 Å². The Kier molecular flexibility index (Phi) is 5.13. The van der Waals surface area contributed by atoms with Crippen molar-refractivity contribution in [2.24, 2.45) is 5.92 Å². The molecule has 0 fully saturated rings. The SMILES string of the molecule is CC(=O)NC(C)C(C)C(=O)CBr. The molecule has 0 rings (SSSR count). The molecule has 1 amide bonds. The van der Waals surface area contributed by atoms with Crippen molar-refractivity contribution in [3.05, 3.63) is 0 Å². The first-order valence-electron chi connectivity index (χ1n) is 3.84. The lowest BCUT2D eigenvalue weighted by Crippen LogP contribution is -2.39. The number of alkyl halides is 1. The summed E-state index contributed by atoms with van der Waals surface area (Å²) in [6.07, 6.45) is 0. The number of ketones is 1. The van der Waals surface area contributed by atoms with E-state index in [0.717, 1.165) is 0 Å². The molecule has 12 heavy (non-hydrogen) atoms. The van der Waals surface area contributed by atoms with Crippen molar-refractivity contribution in [2.75, 3.05) is 5.33 Å². The summed E-state index contributed by atoms with van der Waals surface area (Å²) in [7, 11) is 0. The van der Waals surface area contributed by atoms with Gasteiger partial charge in [0.05, 0.1) is 5.33 Å². The number of carbonyl (C=O) groups excluding carboxylic acids is 2. The Hall–Kier alpha value is -0.380. The van der Waals surface area contributed by atoms with Crippen LogP contribution in [0, 0.1) is 5.92 Å². The van der Waals surface area contributed by atoms with Gasteiger partial charge in [-0.15, -0.1) is 0 Å². The monoisotopic (exact) mass is 235 g/mol. The van der Waals surface area contributed by atoms with Gasteiger partial charge in [0.1, 0.15) is 5.78 Å². The van der Waals surface area contributed by atoms with Crippen molar-refractivity contribution in [1.82, 2.24) is 5.32 Å². The van der Waals surface area contributed by atoms with Crippen LogP contribution in [0.25, 0.3) is 0 Å². The molecule has 2 atom stereocenters. The molecule has 70 valence electrons. The van der Waals surface area contributed by atoms with E-state index < -0.39 is 0 Å². The summed E-state index contributed by atoms with van der Waals surface area (Å²) in [6.45, 7) is 5.08. The van der Waals surface area contributed by atoms with Crippen LogP contribution in [-0.4, -0.2) is 23.1 Å². The van der Waals surface area contributed by atoms with Gasteiger partial charge in [-0.3, -0.25) is 9.59 Å². The van der Waals surface area contributed by atoms with Crippen molar-refractivity contribution in [3.63, 3.8) is 0 Å². The highest BCUT2D eigenvalue weighted by atomic mass is 79.9. The Morgan fingerprint density at radius 1 is 1.42 bits per heavy atom.